The van der Waals surface area contributed by atoms with Gasteiger partial charge >= 0.3 is 0 Å². The van der Waals surface area contributed by atoms with Crippen molar-refractivity contribution < 1.29 is 9.47 Å². The number of benzene rings is 1. The summed E-state index contributed by atoms with van der Waals surface area (Å²) in [7, 11) is 0. The van der Waals surface area contributed by atoms with E-state index in [0.29, 0.717) is 13.2 Å². The monoisotopic (exact) mass is 209 g/mol. The van der Waals surface area contributed by atoms with E-state index >= 15 is 0 Å². The summed E-state index contributed by atoms with van der Waals surface area (Å²) in [6.45, 7) is 6.07. The molecule has 0 radical (unpaired) electrons. The number of rotatable bonds is 6. The Morgan fingerprint density at radius 2 is 1.93 bits per heavy atom. The average Bonchev–Trinajstić information content (AvgIpc) is 2.16. The predicted octanol–water partition coefficient (Wildman–Crippen LogP) is 2.38. The Kier molecular flexibility index (Phi) is 4.98. The third kappa shape index (κ3) is 4.70. The molecule has 0 amide bonds. The number of nitrogens with two attached hydrogens (primary N) is 1. The highest BCUT2D eigenvalue weighted by atomic mass is 16.5. The molecule has 0 heterocycles. The van der Waals surface area contributed by atoms with E-state index in [9.17, 15) is 0 Å². The first-order chi connectivity index (χ1) is 7.22. The van der Waals surface area contributed by atoms with E-state index in [4.69, 9.17) is 15.2 Å². The van der Waals surface area contributed by atoms with Crippen molar-refractivity contribution in [1.29, 1.82) is 0 Å². The van der Waals surface area contributed by atoms with Crippen LogP contribution in [-0.4, -0.2) is 19.8 Å². The molecule has 1 rings (SSSR count). The van der Waals surface area contributed by atoms with E-state index in [1.807, 2.05) is 25.1 Å². The van der Waals surface area contributed by atoms with Gasteiger partial charge in [-0.25, -0.2) is 0 Å². The topological polar surface area (TPSA) is 44.5 Å². The maximum Gasteiger partial charge on any atom is 0.121 e. The van der Waals surface area contributed by atoms with Gasteiger partial charge in [0, 0.05) is 18.4 Å². The summed E-state index contributed by atoms with van der Waals surface area (Å²) in [4.78, 5) is 0. The van der Waals surface area contributed by atoms with Crippen LogP contribution in [0.25, 0.3) is 0 Å². The predicted molar refractivity (Wildman–Crippen MR) is 62.2 cm³/mol. The van der Waals surface area contributed by atoms with Crippen molar-refractivity contribution in [2.45, 2.75) is 20.3 Å². The third-order valence-electron chi connectivity index (χ3n) is 1.92. The number of aryl methyl sites for hydroxylation is 1. The Bertz CT molecular complexity index is 279. The zero-order chi connectivity index (χ0) is 11.1. The molecule has 0 bridgehead atoms. The van der Waals surface area contributed by atoms with Crippen LogP contribution in [0.5, 0.6) is 5.75 Å². The van der Waals surface area contributed by atoms with Gasteiger partial charge in [-0.05, 0) is 31.0 Å². The van der Waals surface area contributed by atoms with Gasteiger partial charge in [-0.2, -0.15) is 0 Å². The molecule has 0 atom stereocenters. The minimum absolute atomic E-state index is 0.572. The van der Waals surface area contributed by atoms with Crippen molar-refractivity contribution in [2.24, 2.45) is 0 Å². The molecule has 0 aliphatic rings. The molecule has 0 saturated carbocycles. The largest absolute Gasteiger partial charge is 0.491 e. The van der Waals surface area contributed by atoms with E-state index in [0.717, 1.165) is 30.0 Å². The van der Waals surface area contributed by atoms with Crippen LogP contribution in [0.1, 0.15) is 18.9 Å². The summed E-state index contributed by atoms with van der Waals surface area (Å²) in [5.74, 6) is 0.813. The summed E-state index contributed by atoms with van der Waals surface area (Å²) >= 11 is 0. The molecule has 0 aromatic heterocycles. The van der Waals surface area contributed by atoms with Crippen molar-refractivity contribution in [3.05, 3.63) is 23.8 Å². The average molecular weight is 209 g/mol. The number of nitrogen functional groups attached to an aromatic ring is 1. The van der Waals surface area contributed by atoms with Gasteiger partial charge in [0.05, 0.1) is 6.61 Å². The molecule has 0 spiro atoms. The van der Waals surface area contributed by atoms with Gasteiger partial charge < -0.3 is 15.2 Å². The van der Waals surface area contributed by atoms with E-state index in [2.05, 4.69) is 6.92 Å². The van der Waals surface area contributed by atoms with E-state index in [-0.39, 0.29) is 0 Å². The minimum Gasteiger partial charge on any atom is -0.491 e. The van der Waals surface area contributed by atoms with Crippen molar-refractivity contribution in [3.8, 4) is 5.75 Å². The molecule has 84 valence electrons. The Morgan fingerprint density at radius 3 is 2.60 bits per heavy atom. The van der Waals surface area contributed by atoms with Crippen LogP contribution in [0.2, 0.25) is 0 Å². The number of hydrogen-bond acceptors (Lipinski definition) is 3. The zero-order valence-corrected chi connectivity index (χ0v) is 9.45. The molecule has 1 aromatic rings. The number of ether oxygens (including phenoxy) is 2. The smallest absolute Gasteiger partial charge is 0.121 e. The molecule has 2 N–H and O–H groups in total. The highest BCUT2D eigenvalue weighted by Crippen LogP contribution is 2.17. The highest BCUT2D eigenvalue weighted by molar-refractivity contribution is 5.47. The second-order valence-electron chi connectivity index (χ2n) is 3.54. The van der Waals surface area contributed by atoms with Crippen LogP contribution in [0.4, 0.5) is 5.69 Å². The molecule has 0 aliphatic heterocycles. The molecule has 3 nitrogen and oxygen atoms in total. The molecule has 15 heavy (non-hydrogen) atoms. The third-order valence-corrected chi connectivity index (χ3v) is 1.92. The van der Waals surface area contributed by atoms with Gasteiger partial charge in [-0.3, -0.25) is 0 Å². The Morgan fingerprint density at radius 1 is 1.13 bits per heavy atom. The van der Waals surface area contributed by atoms with Crippen molar-refractivity contribution in [2.75, 3.05) is 25.6 Å². The standard InChI is InChI=1S/C12H19NO2/c1-3-4-14-5-6-15-12-8-10(2)7-11(13)9-12/h7-9H,3-6,13H2,1-2H3. The molecule has 3 heteroatoms. The van der Waals surface area contributed by atoms with E-state index in [1.54, 1.807) is 0 Å². The summed E-state index contributed by atoms with van der Waals surface area (Å²) in [6.07, 6.45) is 1.04. The number of anilines is 1. The lowest BCUT2D eigenvalue weighted by Gasteiger charge is -2.08. The fourth-order valence-electron chi connectivity index (χ4n) is 1.32. The summed E-state index contributed by atoms with van der Waals surface area (Å²) in [6, 6.07) is 5.71. The fraction of sp³-hybridized carbons (Fsp3) is 0.500. The minimum atomic E-state index is 0.572. The number of hydrogen-bond donors (Lipinski definition) is 1. The Labute approximate surface area is 91.2 Å². The van der Waals surface area contributed by atoms with Crippen molar-refractivity contribution in [1.82, 2.24) is 0 Å². The lowest BCUT2D eigenvalue weighted by atomic mass is 10.2. The summed E-state index contributed by atoms with van der Waals surface area (Å²) in [5.41, 5.74) is 7.55. The van der Waals surface area contributed by atoms with Crippen LogP contribution < -0.4 is 10.5 Å². The Balaban J connectivity index is 2.31. The lowest BCUT2D eigenvalue weighted by molar-refractivity contribution is 0.101. The van der Waals surface area contributed by atoms with E-state index in [1.165, 1.54) is 0 Å². The first kappa shape index (κ1) is 11.9. The van der Waals surface area contributed by atoms with Crippen LogP contribution in [-0.2, 0) is 4.74 Å². The fourth-order valence-corrected chi connectivity index (χ4v) is 1.32. The summed E-state index contributed by atoms with van der Waals surface area (Å²) in [5, 5.41) is 0. The van der Waals surface area contributed by atoms with Crippen LogP contribution in [0.15, 0.2) is 18.2 Å². The molecule has 0 fully saturated rings. The Hall–Kier alpha value is -1.22. The SMILES string of the molecule is CCCOCCOc1cc(C)cc(N)c1. The van der Waals surface area contributed by atoms with Crippen LogP contribution in [0.3, 0.4) is 0 Å². The molecule has 0 aliphatic carbocycles. The lowest BCUT2D eigenvalue weighted by Crippen LogP contribution is -2.07. The van der Waals surface area contributed by atoms with Gasteiger partial charge in [-0.15, -0.1) is 0 Å². The van der Waals surface area contributed by atoms with E-state index < -0.39 is 0 Å². The van der Waals surface area contributed by atoms with Gasteiger partial charge in [-0.1, -0.05) is 6.92 Å². The molecule has 0 saturated heterocycles. The van der Waals surface area contributed by atoms with Crippen LogP contribution >= 0.6 is 0 Å². The van der Waals surface area contributed by atoms with Gasteiger partial charge in [0.1, 0.15) is 12.4 Å². The van der Waals surface area contributed by atoms with Gasteiger partial charge in [0.2, 0.25) is 0 Å². The van der Waals surface area contributed by atoms with Gasteiger partial charge in [0.25, 0.3) is 0 Å². The molecule has 0 unspecified atom stereocenters. The van der Waals surface area contributed by atoms with Crippen molar-refractivity contribution in [3.63, 3.8) is 0 Å². The first-order valence-electron chi connectivity index (χ1n) is 5.30. The zero-order valence-electron chi connectivity index (χ0n) is 9.45. The van der Waals surface area contributed by atoms with Crippen molar-refractivity contribution >= 4 is 5.69 Å². The maximum atomic E-state index is 5.70. The second kappa shape index (κ2) is 6.30. The molecule has 1 aromatic carbocycles. The summed E-state index contributed by atoms with van der Waals surface area (Å²) < 4.78 is 10.8. The second-order valence-corrected chi connectivity index (χ2v) is 3.54. The molecular weight excluding hydrogens is 190 g/mol. The van der Waals surface area contributed by atoms with Gasteiger partial charge in [0.15, 0.2) is 0 Å². The molecular formula is C12H19NO2. The van der Waals surface area contributed by atoms with Crippen LogP contribution in [0, 0.1) is 6.92 Å². The normalized spacial score (nSPS) is 10.3. The highest BCUT2D eigenvalue weighted by Gasteiger charge is 1.96. The maximum absolute atomic E-state index is 5.70. The quantitative estimate of drug-likeness (QED) is 0.578. The first-order valence-corrected chi connectivity index (χ1v) is 5.30.